The van der Waals surface area contributed by atoms with Crippen LogP contribution in [0.3, 0.4) is 0 Å². The number of amides is 1. The predicted molar refractivity (Wildman–Crippen MR) is 145 cm³/mol. The highest BCUT2D eigenvalue weighted by molar-refractivity contribution is 5.92. The van der Waals surface area contributed by atoms with Crippen LogP contribution >= 0.6 is 0 Å². The number of halogens is 3. The molecule has 1 N–H and O–H groups in total. The van der Waals surface area contributed by atoms with Crippen LogP contribution in [0.1, 0.15) is 49.3 Å². The number of rotatable bonds is 6. The maximum absolute atomic E-state index is 13.2. The first-order valence-corrected chi connectivity index (χ1v) is 13.1. The van der Waals surface area contributed by atoms with Crippen molar-refractivity contribution in [2.24, 2.45) is 5.92 Å². The second-order valence-corrected chi connectivity index (χ2v) is 10.4. The molecule has 1 aliphatic rings. The van der Waals surface area contributed by atoms with Gasteiger partial charge in [0.05, 0.1) is 11.1 Å². The lowest BCUT2D eigenvalue weighted by Gasteiger charge is -2.32. The Balaban J connectivity index is 1.23. The van der Waals surface area contributed by atoms with E-state index >= 15 is 0 Å². The second-order valence-electron chi connectivity index (χ2n) is 10.4. The molecule has 1 aliphatic heterocycles. The number of benzene rings is 3. The number of nitrogens with zero attached hydrogens (tertiary/aromatic N) is 2. The summed E-state index contributed by atoms with van der Waals surface area (Å²) in [6.45, 7) is 6.58. The summed E-state index contributed by atoms with van der Waals surface area (Å²) in [7, 11) is 0. The number of hydrogen-bond donors (Lipinski definition) is 1. The van der Waals surface area contributed by atoms with Crippen LogP contribution in [0.4, 0.5) is 18.9 Å². The van der Waals surface area contributed by atoms with Crippen molar-refractivity contribution in [1.82, 2.24) is 9.47 Å². The van der Waals surface area contributed by atoms with E-state index in [9.17, 15) is 18.0 Å². The number of alkyl halides is 3. The molecule has 198 valence electrons. The number of hydrogen-bond acceptors (Lipinski definition) is 2. The van der Waals surface area contributed by atoms with E-state index in [0.29, 0.717) is 11.6 Å². The molecule has 1 aromatic heterocycles. The highest BCUT2D eigenvalue weighted by Gasteiger charge is 2.30. The second kappa shape index (κ2) is 10.7. The molecule has 3 aromatic carbocycles. The van der Waals surface area contributed by atoms with E-state index in [-0.39, 0.29) is 11.8 Å². The smallest absolute Gasteiger partial charge is 0.326 e. The summed E-state index contributed by atoms with van der Waals surface area (Å²) in [5, 5.41) is 4.01. The molecule has 7 heteroatoms. The van der Waals surface area contributed by atoms with Crippen molar-refractivity contribution in [3.8, 4) is 5.69 Å². The number of anilines is 1. The Hall–Kier alpha value is -3.58. The fourth-order valence-electron chi connectivity index (χ4n) is 5.19. The third kappa shape index (κ3) is 5.78. The molecule has 0 radical (unpaired) electrons. The number of aromatic nitrogens is 1. The summed E-state index contributed by atoms with van der Waals surface area (Å²) in [4.78, 5) is 14.5. The normalized spacial score (nSPS) is 15.3. The van der Waals surface area contributed by atoms with Gasteiger partial charge in [-0.3, -0.25) is 9.69 Å². The quantitative estimate of drug-likeness (QED) is 0.284. The summed E-state index contributed by atoms with van der Waals surface area (Å²) in [5.74, 6) is 0.436. The Morgan fingerprint density at radius 3 is 2.47 bits per heavy atom. The van der Waals surface area contributed by atoms with Crippen LogP contribution in [-0.2, 0) is 17.5 Å². The van der Waals surface area contributed by atoms with Crippen molar-refractivity contribution in [3.63, 3.8) is 0 Å². The van der Waals surface area contributed by atoms with Crippen LogP contribution in [0, 0.1) is 5.92 Å². The molecule has 0 aliphatic carbocycles. The van der Waals surface area contributed by atoms with Crippen molar-refractivity contribution in [3.05, 3.63) is 95.7 Å². The average Bonchev–Trinajstić information content (AvgIpc) is 3.32. The van der Waals surface area contributed by atoms with Crippen molar-refractivity contribution in [2.75, 3.05) is 18.4 Å². The zero-order valence-electron chi connectivity index (χ0n) is 21.6. The van der Waals surface area contributed by atoms with Gasteiger partial charge in [0.15, 0.2) is 0 Å². The maximum atomic E-state index is 13.2. The molecule has 0 atom stereocenters. The summed E-state index contributed by atoms with van der Waals surface area (Å²) < 4.78 is 41.3. The van der Waals surface area contributed by atoms with Gasteiger partial charge in [0.1, 0.15) is 0 Å². The van der Waals surface area contributed by atoms with Gasteiger partial charge in [-0.05, 0) is 91.5 Å². The fraction of sp³-hybridized carbons (Fsp3) is 0.323. The lowest BCUT2D eigenvalue weighted by atomic mass is 9.89. The van der Waals surface area contributed by atoms with Gasteiger partial charge in [-0.2, -0.15) is 13.2 Å². The molecule has 5 rings (SSSR count). The molecule has 4 aromatic rings. The first-order chi connectivity index (χ1) is 18.2. The minimum atomic E-state index is -4.37. The number of carbonyl (C=O) groups is 1. The van der Waals surface area contributed by atoms with Crippen LogP contribution < -0.4 is 5.32 Å². The average molecular weight is 520 g/mol. The topological polar surface area (TPSA) is 37.3 Å². The van der Waals surface area contributed by atoms with Gasteiger partial charge >= 0.3 is 6.18 Å². The van der Waals surface area contributed by atoms with Gasteiger partial charge in [0, 0.05) is 35.4 Å². The molecule has 0 spiro atoms. The van der Waals surface area contributed by atoms with Crippen molar-refractivity contribution in [1.29, 1.82) is 0 Å². The van der Waals surface area contributed by atoms with Crippen LogP contribution in [-0.4, -0.2) is 28.5 Å². The molecule has 2 heterocycles. The fourth-order valence-corrected chi connectivity index (χ4v) is 5.19. The number of piperidine rings is 1. The third-order valence-corrected chi connectivity index (χ3v) is 7.35. The molecule has 0 bridgehead atoms. The van der Waals surface area contributed by atoms with Gasteiger partial charge in [0.25, 0.3) is 0 Å². The highest BCUT2D eigenvalue weighted by Crippen LogP contribution is 2.33. The molecule has 1 saturated heterocycles. The molecular weight excluding hydrogens is 487 g/mol. The highest BCUT2D eigenvalue weighted by atomic mass is 19.4. The van der Waals surface area contributed by atoms with E-state index in [1.807, 2.05) is 44.3 Å². The maximum Gasteiger partial charge on any atom is 0.416 e. The molecular formula is C31H32F3N3O. The lowest BCUT2D eigenvalue weighted by molar-refractivity contribution is -0.137. The zero-order valence-corrected chi connectivity index (χ0v) is 21.6. The molecule has 1 fully saturated rings. The van der Waals surface area contributed by atoms with E-state index < -0.39 is 11.7 Å². The zero-order chi connectivity index (χ0) is 26.9. The summed E-state index contributed by atoms with van der Waals surface area (Å²) in [6, 6.07) is 21.8. The largest absolute Gasteiger partial charge is 0.416 e. The molecule has 38 heavy (non-hydrogen) atoms. The Bertz CT molecular complexity index is 1430. The van der Waals surface area contributed by atoms with E-state index in [1.165, 1.54) is 23.3 Å². The van der Waals surface area contributed by atoms with Crippen LogP contribution in [0.2, 0.25) is 0 Å². The van der Waals surface area contributed by atoms with E-state index in [0.717, 1.165) is 55.1 Å². The van der Waals surface area contributed by atoms with Gasteiger partial charge < -0.3 is 9.88 Å². The molecule has 0 unspecified atom stereocenters. The van der Waals surface area contributed by atoms with Gasteiger partial charge in [-0.1, -0.05) is 38.1 Å². The Labute approximate surface area is 221 Å². The monoisotopic (exact) mass is 519 g/mol. The van der Waals surface area contributed by atoms with Gasteiger partial charge in [-0.25, -0.2) is 0 Å². The van der Waals surface area contributed by atoms with E-state index in [4.69, 9.17) is 0 Å². The number of carbonyl (C=O) groups excluding carboxylic acids is 1. The third-order valence-electron chi connectivity index (χ3n) is 7.35. The first-order valence-electron chi connectivity index (χ1n) is 13.1. The Morgan fingerprint density at radius 2 is 1.74 bits per heavy atom. The summed E-state index contributed by atoms with van der Waals surface area (Å²) in [5.41, 5.74) is 4.05. The van der Waals surface area contributed by atoms with Crippen molar-refractivity contribution < 1.29 is 18.0 Å². The summed E-state index contributed by atoms with van der Waals surface area (Å²) >= 11 is 0. The molecule has 4 nitrogen and oxygen atoms in total. The number of likely N-dealkylation sites (tertiary alicyclic amines) is 1. The molecule has 1 amide bonds. The summed E-state index contributed by atoms with van der Waals surface area (Å²) in [6.07, 6.45) is -0.440. The first kappa shape index (κ1) is 26.0. The standard InChI is InChI=1S/C31H32F3N3O/c1-21(2)30(38)35-27-7-3-5-24(18-27)23-11-14-36(15-12-23)20-22-9-10-29-25(17-22)13-16-37(29)28-8-4-6-26(19-28)31(32,33)34/h3-10,13,16-19,21,23H,11-12,14-15,20H2,1-2H3,(H,35,38). The Morgan fingerprint density at radius 1 is 0.974 bits per heavy atom. The Kier molecular flexibility index (Phi) is 7.30. The predicted octanol–water partition coefficient (Wildman–Crippen LogP) is 7.62. The minimum absolute atomic E-state index is 0.0270. The number of nitrogens with one attached hydrogen (secondary N) is 1. The van der Waals surface area contributed by atoms with Crippen LogP contribution in [0.5, 0.6) is 0 Å². The number of fused-ring (bicyclic) bond motifs is 1. The van der Waals surface area contributed by atoms with Crippen LogP contribution in [0.15, 0.2) is 79.0 Å². The van der Waals surface area contributed by atoms with Crippen molar-refractivity contribution >= 4 is 22.5 Å². The lowest BCUT2D eigenvalue weighted by Crippen LogP contribution is -2.32. The van der Waals surface area contributed by atoms with Gasteiger partial charge in [0.2, 0.25) is 5.91 Å². The minimum Gasteiger partial charge on any atom is -0.326 e. The van der Waals surface area contributed by atoms with E-state index in [2.05, 4.69) is 34.5 Å². The van der Waals surface area contributed by atoms with E-state index in [1.54, 1.807) is 10.6 Å². The SMILES string of the molecule is CC(C)C(=O)Nc1cccc(C2CCN(Cc3ccc4c(ccn4-c4cccc(C(F)(F)F)c4)c3)CC2)c1. The molecule has 0 saturated carbocycles. The van der Waals surface area contributed by atoms with Crippen LogP contribution in [0.25, 0.3) is 16.6 Å². The van der Waals surface area contributed by atoms with Gasteiger partial charge in [-0.15, -0.1) is 0 Å². The van der Waals surface area contributed by atoms with Crippen molar-refractivity contribution in [2.45, 2.75) is 45.3 Å².